The number of H-pyrrole nitrogens is 1. The first kappa shape index (κ1) is 18.1. The van der Waals surface area contributed by atoms with Crippen molar-refractivity contribution in [3.05, 3.63) is 61.7 Å². The van der Waals surface area contributed by atoms with Crippen LogP contribution in [0.25, 0.3) is 11.0 Å². The van der Waals surface area contributed by atoms with Crippen molar-refractivity contribution in [1.29, 1.82) is 0 Å². The zero-order chi connectivity index (χ0) is 18.7. The number of carbonyl (C=O) groups excluding carboxylic acids is 2. The Morgan fingerprint density at radius 1 is 1.27 bits per heavy atom. The number of para-hydroxylation sites is 2. The number of benzene rings is 1. The number of halogens is 1. The first-order valence-electron chi connectivity index (χ1n) is 7.77. The van der Waals surface area contributed by atoms with Gasteiger partial charge in [-0.3, -0.25) is 14.4 Å². The molecular formula is C17H15ClN4O3S. The van der Waals surface area contributed by atoms with Crippen LogP contribution in [0.15, 0.2) is 40.5 Å². The maximum atomic E-state index is 12.3. The van der Waals surface area contributed by atoms with Crippen LogP contribution in [0.1, 0.15) is 27.8 Å². The Hall–Kier alpha value is -2.71. The predicted octanol–water partition coefficient (Wildman–Crippen LogP) is 2.19. The van der Waals surface area contributed by atoms with Crippen LogP contribution in [0.5, 0.6) is 0 Å². The number of hydrogen-bond acceptors (Lipinski definition) is 5. The molecule has 7 nitrogen and oxygen atoms in total. The van der Waals surface area contributed by atoms with E-state index in [1.807, 2.05) is 0 Å². The molecule has 9 heteroatoms. The number of amides is 2. The smallest absolute Gasteiger partial charge is 0.280 e. The molecule has 1 aromatic carbocycles. The lowest BCUT2D eigenvalue weighted by Gasteiger charge is -2.14. The average Bonchev–Trinajstić information content (AvgIpc) is 3.05. The summed E-state index contributed by atoms with van der Waals surface area (Å²) in [6, 6.07) is 8.22. The van der Waals surface area contributed by atoms with Crippen molar-refractivity contribution in [2.45, 2.75) is 13.0 Å². The third-order valence-electron chi connectivity index (χ3n) is 3.62. The van der Waals surface area contributed by atoms with Crippen molar-refractivity contribution in [3.63, 3.8) is 0 Å². The van der Waals surface area contributed by atoms with Gasteiger partial charge in [-0.25, -0.2) is 4.98 Å². The fourth-order valence-electron chi connectivity index (χ4n) is 2.32. The van der Waals surface area contributed by atoms with Crippen LogP contribution in [0.2, 0.25) is 4.34 Å². The minimum absolute atomic E-state index is 0.139. The maximum absolute atomic E-state index is 12.3. The lowest BCUT2D eigenvalue weighted by molar-refractivity contribution is 0.0909. The molecule has 0 saturated heterocycles. The van der Waals surface area contributed by atoms with Gasteiger partial charge < -0.3 is 15.6 Å². The molecule has 2 heterocycles. The molecule has 26 heavy (non-hydrogen) atoms. The Balaban J connectivity index is 1.63. The van der Waals surface area contributed by atoms with E-state index in [1.165, 1.54) is 11.3 Å². The highest BCUT2D eigenvalue weighted by molar-refractivity contribution is 7.14. The molecule has 0 saturated carbocycles. The fourth-order valence-corrected chi connectivity index (χ4v) is 3.24. The highest BCUT2D eigenvalue weighted by atomic mass is 35.5. The molecule has 2 aromatic heterocycles. The number of nitrogens with one attached hydrogen (secondary N) is 3. The molecule has 0 aliphatic rings. The van der Waals surface area contributed by atoms with Crippen molar-refractivity contribution in [1.82, 2.24) is 20.6 Å². The average molecular weight is 391 g/mol. The molecule has 3 N–H and O–H groups in total. The van der Waals surface area contributed by atoms with Crippen molar-refractivity contribution in [2.24, 2.45) is 0 Å². The van der Waals surface area contributed by atoms with Gasteiger partial charge >= 0.3 is 0 Å². The van der Waals surface area contributed by atoms with Gasteiger partial charge in [0.05, 0.1) is 16.6 Å². The van der Waals surface area contributed by atoms with Gasteiger partial charge in [-0.05, 0) is 30.5 Å². The van der Waals surface area contributed by atoms with Gasteiger partial charge in [0.15, 0.2) is 5.69 Å². The molecular weight excluding hydrogens is 376 g/mol. The van der Waals surface area contributed by atoms with Crippen molar-refractivity contribution < 1.29 is 9.59 Å². The van der Waals surface area contributed by atoms with E-state index >= 15 is 0 Å². The molecule has 0 spiro atoms. The number of rotatable bonds is 5. The monoisotopic (exact) mass is 390 g/mol. The van der Waals surface area contributed by atoms with E-state index in [9.17, 15) is 14.4 Å². The molecule has 0 aliphatic carbocycles. The topological polar surface area (TPSA) is 104 Å². The zero-order valence-electron chi connectivity index (χ0n) is 13.7. The Kier molecular flexibility index (Phi) is 5.34. The number of nitrogens with zero attached hydrogens (tertiary/aromatic N) is 1. The molecule has 1 atom stereocenters. The zero-order valence-corrected chi connectivity index (χ0v) is 15.3. The van der Waals surface area contributed by atoms with Crippen molar-refractivity contribution in [3.8, 4) is 0 Å². The van der Waals surface area contributed by atoms with Crippen LogP contribution in [0, 0.1) is 0 Å². The Labute approximate surface area is 157 Å². The molecule has 134 valence electrons. The number of carbonyl (C=O) groups is 2. The number of thiophene rings is 1. The minimum Gasteiger partial charge on any atom is -0.348 e. The summed E-state index contributed by atoms with van der Waals surface area (Å²) in [7, 11) is 0. The third kappa shape index (κ3) is 3.92. The van der Waals surface area contributed by atoms with E-state index in [0.717, 1.165) is 0 Å². The second-order valence-electron chi connectivity index (χ2n) is 5.62. The standard InChI is InChI=1S/C17H15ClN4O3S/c1-9(20-15(23)10-6-7-26-14(10)18)8-19-16(24)13-17(25)22-12-5-3-2-4-11(12)21-13/h2-7,9H,8H2,1H3,(H,19,24)(H,20,23)(H,22,25). The molecule has 1 unspecified atom stereocenters. The number of aromatic nitrogens is 2. The summed E-state index contributed by atoms with van der Waals surface area (Å²) in [6.45, 7) is 1.87. The van der Waals surface area contributed by atoms with Crippen LogP contribution < -0.4 is 16.2 Å². The van der Waals surface area contributed by atoms with Gasteiger partial charge in [0.2, 0.25) is 0 Å². The van der Waals surface area contributed by atoms with E-state index in [0.29, 0.717) is 20.9 Å². The first-order chi connectivity index (χ1) is 12.5. The summed E-state index contributed by atoms with van der Waals surface area (Å²) in [4.78, 5) is 43.1. The van der Waals surface area contributed by atoms with Crippen LogP contribution in [-0.2, 0) is 0 Å². The van der Waals surface area contributed by atoms with Gasteiger partial charge in [0.25, 0.3) is 17.4 Å². The second-order valence-corrected chi connectivity index (χ2v) is 7.14. The van der Waals surface area contributed by atoms with Gasteiger partial charge in [-0.1, -0.05) is 23.7 Å². The van der Waals surface area contributed by atoms with E-state index in [-0.39, 0.29) is 24.2 Å². The number of fused-ring (bicyclic) bond motifs is 1. The van der Waals surface area contributed by atoms with Crippen molar-refractivity contribution >= 4 is 45.8 Å². The van der Waals surface area contributed by atoms with E-state index in [1.54, 1.807) is 42.6 Å². The molecule has 2 amide bonds. The van der Waals surface area contributed by atoms with E-state index < -0.39 is 11.5 Å². The summed E-state index contributed by atoms with van der Waals surface area (Å²) < 4.78 is 0.408. The Morgan fingerprint density at radius 2 is 2.04 bits per heavy atom. The second kappa shape index (κ2) is 7.67. The summed E-state index contributed by atoms with van der Waals surface area (Å²) in [5.74, 6) is -0.925. The van der Waals surface area contributed by atoms with Crippen LogP contribution in [0.3, 0.4) is 0 Å². The predicted molar refractivity (Wildman–Crippen MR) is 101 cm³/mol. The normalized spacial score (nSPS) is 11.9. The summed E-state index contributed by atoms with van der Waals surface area (Å²) >= 11 is 7.20. The molecule has 3 aromatic rings. The Morgan fingerprint density at radius 3 is 2.77 bits per heavy atom. The summed E-state index contributed by atoms with van der Waals surface area (Å²) in [6.07, 6.45) is 0. The SMILES string of the molecule is CC(CNC(=O)c1nc2ccccc2[nH]c1=O)NC(=O)c1ccsc1Cl. The lowest BCUT2D eigenvalue weighted by atomic mass is 10.2. The van der Waals surface area contributed by atoms with E-state index in [4.69, 9.17) is 11.6 Å². The summed E-state index contributed by atoms with van der Waals surface area (Å²) in [5, 5.41) is 7.06. The minimum atomic E-state index is -0.605. The van der Waals surface area contributed by atoms with E-state index in [2.05, 4.69) is 20.6 Å². The molecule has 0 aliphatic heterocycles. The highest BCUT2D eigenvalue weighted by Crippen LogP contribution is 2.22. The fraction of sp³-hybridized carbons (Fsp3) is 0.176. The van der Waals surface area contributed by atoms with Crippen LogP contribution in [0.4, 0.5) is 0 Å². The van der Waals surface area contributed by atoms with Gasteiger partial charge in [0.1, 0.15) is 4.34 Å². The number of aromatic amines is 1. The Bertz CT molecular complexity index is 1030. The van der Waals surface area contributed by atoms with Crippen LogP contribution >= 0.6 is 22.9 Å². The summed E-state index contributed by atoms with van der Waals surface area (Å²) in [5.41, 5.74) is 0.682. The third-order valence-corrected chi connectivity index (χ3v) is 4.79. The lowest BCUT2D eigenvalue weighted by Crippen LogP contribution is -2.43. The van der Waals surface area contributed by atoms with Crippen molar-refractivity contribution in [2.75, 3.05) is 6.54 Å². The molecule has 0 bridgehead atoms. The maximum Gasteiger partial charge on any atom is 0.280 e. The molecule has 0 radical (unpaired) electrons. The molecule has 3 rings (SSSR count). The van der Waals surface area contributed by atoms with Crippen LogP contribution in [-0.4, -0.2) is 34.4 Å². The first-order valence-corrected chi connectivity index (χ1v) is 9.02. The number of hydrogen-bond donors (Lipinski definition) is 3. The quantitative estimate of drug-likeness (QED) is 0.621. The van der Waals surface area contributed by atoms with Gasteiger partial charge in [-0.2, -0.15) is 0 Å². The largest absolute Gasteiger partial charge is 0.348 e. The molecule has 0 fully saturated rings. The van der Waals surface area contributed by atoms with Gasteiger partial charge in [-0.15, -0.1) is 11.3 Å². The van der Waals surface area contributed by atoms with Gasteiger partial charge in [0, 0.05) is 12.6 Å². The highest BCUT2D eigenvalue weighted by Gasteiger charge is 2.17.